The molecule has 0 saturated carbocycles. The predicted molar refractivity (Wildman–Crippen MR) is 70.4 cm³/mol. The van der Waals surface area contributed by atoms with Crippen molar-refractivity contribution in [3.63, 3.8) is 0 Å². The number of rotatable bonds is 6. The molecule has 6 nitrogen and oxygen atoms in total. The molecule has 1 aliphatic heterocycles. The molecule has 1 fully saturated rings. The molecule has 1 rings (SSSR count). The lowest BCUT2D eigenvalue weighted by atomic mass is 9.76. The number of hydrogen-bond acceptors (Lipinski definition) is 4. The van der Waals surface area contributed by atoms with Gasteiger partial charge in [-0.3, -0.25) is 4.79 Å². The first-order valence-electron chi connectivity index (χ1n) is 6.39. The summed E-state index contributed by atoms with van der Waals surface area (Å²) in [6.07, 6.45) is 2.85. The fourth-order valence-electron chi connectivity index (χ4n) is 2.31. The van der Waals surface area contributed by atoms with Crippen molar-refractivity contribution in [2.24, 2.45) is 10.6 Å². The molecule has 18 heavy (non-hydrogen) atoms. The Morgan fingerprint density at radius 3 is 2.50 bits per heavy atom. The molecule has 1 saturated heterocycles. The van der Waals surface area contributed by atoms with Crippen LogP contribution in [0.15, 0.2) is 0 Å². The van der Waals surface area contributed by atoms with Crippen LogP contribution in [-0.4, -0.2) is 39.7 Å². The van der Waals surface area contributed by atoms with E-state index in [9.17, 15) is 13.2 Å². The highest BCUT2D eigenvalue weighted by molar-refractivity contribution is 7.89. The normalized spacial score (nSPS) is 19.4. The molecule has 0 spiro atoms. The second kappa shape index (κ2) is 6.49. The molecule has 1 heterocycles. The highest BCUT2D eigenvalue weighted by Crippen LogP contribution is 2.32. The molecule has 0 aromatic carbocycles. The molecule has 4 N–H and O–H groups in total. The van der Waals surface area contributed by atoms with Gasteiger partial charge in [0, 0.05) is 6.54 Å². The molecule has 1 aliphatic rings. The molecule has 0 atom stereocenters. The van der Waals surface area contributed by atoms with Crippen LogP contribution in [0.5, 0.6) is 0 Å². The van der Waals surface area contributed by atoms with Gasteiger partial charge in [-0.25, -0.2) is 13.6 Å². The first-order chi connectivity index (χ1) is 8.40. The van der Waals surface area contributed by atoms with Gasteiger partial charge in [-0.05, 0) is 38.8 Å². The number of carbonyl (C=O) groups excluding carboxylic acids is 1. The van der Waals surface area contributed by atoms with Crippen LogP contribution in [0, 0.1) is 5.41 Å². The number of nitrogens with two attached hydrogens (primary N) is 1. The second-order valence-electron chi connectivity index (χ2n) is 4.86. The summed E-state index contributed by atoms with van der Waals surface area (Å²) < 4.78 is 21.5. The van der Waals surface area contributed by atoms with E-state index in [-0.39, 0.29) is 17.1 Å². The standard InChI is InChI=1S/C11H23N3O3S/c1-2-11(4-7-13-8-5-11)10(15)14-6-3-9-18(12,16)17/h13H,2-9H2,1H3,(H,14,15)(H2,12,16,17). The van der Waals surface area contributed by atoms with Gasteiger partial charge in [0.2, 0.25) is 15.9 Å². The molecule has 0 unspecified atom stereocenters. The van der Waals surface area contributed by atoms with Crippen LogP contribution in [0.25, 0.3) is 0 Å². The largest absolute Gasteiger partial charge is 0.356 e. The molecule has 106 valence electrons. The summed E-state index contributed by atoms with van der Waals surface area (Å²) in [6, 6.07) is 0. The zero-order valence-electron chi connectivity index (χ0n) is 10.9. The molecule has 0 bridgehead atoms. The highest BCUT2D eigenvalue weighted by atomic mass is 32.2. The number of sulfonamides is 1. The van der Waals surface area contributed by atoms with E-state index in [1.165, 1.54) is 0 Å². The Labute approximate surface area is 109 Å². The number of piperidine rings is 1. The maximum Gasteiger partial charge on any atom is 0.226 e. The maximum absolute atomic E-state index is 12.2. The second-order valence-corrected chi connectivity index (χ2v) is 6.59. The zero-order valence-corrected chi connectivity index (χ0v) is 11.7. The minimum absolute atomic E-state index is 0.0425. The Balaban J connectivity index is 2.39. The molecular weight excluding hydrogens is 254 g/mol. The van der Waals surface area contributed by atoms with Crippen LogP contribution in [-0.2, 0) is 14.8 Å². The number of primary sulfonamides is 1. The molecule has 7 heteroatoms. The van der Waals surface area contributed by atoms with Crippen molar-refractivity contribution in [1.29, 1.82) is 0 Å². The van der Waals surface area contributed by atoms with Crippen LogP contribution in [0.3, 0.4) is 0 Å². The third kappa shape index (κ3) is 4.55. The quantitative estimate of drug-likeness (QED) is 0.573. The van der Waals surface area contributed by atoms with Gasteiger partial charge in [0.1, 0.15) is 0 Å². The van der Waals surface area contributed by atoms with Crippen molar-refractivity contribution in [2.75, 3.05) is 25.4 Å². The summed E-state index contributed by atoms with van der Waals surface area (Å²) in [6.45, 7) is 4.11. The average Bonchev–Trinajstić information content (AvgIpc) is 2.34. The van der Waals surface area contributed by atoms with Crippen LogP contribution in [0.4, 0.5) is 0 Å². The Morgan fingerprint density at radius 1 is 1.39 bits per heavy atom. The lowest BCUT2D eigenvalue weighted by Crippen LogP contribution is -2.47. The van der Waals surface area contributed by atoms with Crippen molar-refractivity contribution in [3.05, 3.63) is 0 Å². The van der Waals surface area contributed by atoms with Gasteiger partial charge < -0.3 is 10.6 Å². The molecule has 0 aromatic rings. The van der Waals surface area contributed by atoms with Gasteiger partial charge in [-0.1, -0.05) is 6.92 Å². The van der Waals surface area contributed by atoms with E-state index in [4.69, 9.17) is 5.14 Å². The number of amides is 1. The third-order valence-electron chi connectivity index (χ3n) is 3.61. The smallest absolute Gasteiger partial charge is 0.226 e. The summed E-state index contributed by atoms with van der Waals surface area (Å²) in [5.74, 6) is -0.0468. The van der Waals surface area contributed by atoms with Crippen LogP contribution < -0.4 is 15.8 Å². The van der Waals surface area contributed by atoms with Gasteiger partial charge in [0.05, 0.1) is 11.2 Å². The molecule has 0 radical (unpaired) electrons. The Kier molecular flexibility index (Phi) is 5.55. The van der Waals surface area contributed by atoms with Crippen molar-refractivity contribution in [2.45, 2.75) is 32.6 Å². The SMILES string of the molecule is CCC1(C(=O)NCCCS(N)(=O)=O)CCNCC1. The predicted octanol–water partition coefficient (Wildman–Crippen LogP) is -0.439. The van der Waals surface area contributed by atoms with Crippen LogP contribution >= 0.6 is 0 Å². The van der Waals surface area contributed by atoms with E-state index < -0.39 is 10.0 Å². The fourth-order valence-corrected chi connectivity index (χ4v) is 2.86. The van der Waals surface area contributed by atoms with E-state index in [0.717, 1.165) is 32.4 Å². The first-order valence-corrected chi connectivity index (χ1v) is 8.11. The van der Waals surface area contributed by atoms with E-state index in [2.05, 4.69) is 10.6 Å². The van der Waals surface area contributed by atoms with E-state index >= 15 is 0 Å². The van der Waals surface area contributed by atoms with Gasteiger partial charge in [-0.2, -0.15) is 0 Å². The lowest BCUT2D eigenvalue weighted by molar-refractivity contribution is -0.132. The minimum Gasteiger partial charge on any atom is -0.356 e. The van der Waals surface area contributed by atoms with E-state index in [1.54, 1.807) is 0 Å². The topological polar surface area (TPSA) is 101 Å². The van der Waals surface area contributed by atoms with Gasteiger partial charge >= 0.3 is 0 Å². The Bertz CT molecular complexity index is 375. The molecule has 0 aromatic heterocycles. The van der Waals surface area contributed by atoms with Crippen molar-refractivity contribution < 1.29 is 13.2 Å². The summed E-state index contributed by atoms with van der Waals surface area (Å²) in [4.78, 5) is 12.2. The monoisotopic (exact) mass is 277 g/mol. The summed E-state index contributed by atoms with van der Waals surface area (Å²) in [5.41, 5.74) is -0.285. The Morgan fingerprint density at radius 2 is 2.00 bits per heavy atom. The fraction of sp³-hybridized carbons (Fsp3) is 0.909. The van der Waals surface area contributed by atoms with Crippen LogP contribution in [0.1, 0.15) is 32.6 Å². The molecular formula is C11H23N3O3S. The first kappa shape index (κ1) is 15.4. The highest BCUT2D eigenvalue weighted by Gasteiger charge is 2.37. The number of nitrogens with one attached hydrogen (secondary N) is 2. The van der Waals surface area contributed by atoms with Crippen LogP contribution in [0.2, 0.25) is 0 Å². The number of carbonyl (C=O) groups is 1. The Hall–Kier alpha value is -0.660. The number of hydrogen-bond donors (Lipinski definition) is 3. The van der Waals surface area contributed by atoms with Crippen molar-refractivity contribution in [1.82, 2.24) is 10.6 Å². The summed E-state index contributed by atoms with van der Waals surface area (Å²) in [5, 5.41) is 11.0. The van der Waals surface area contributed by atoms with Crippen molar-refractivity contribution in [3.8, 4) is 0 Å². The molecule has 1 amide bonds. The minimum atomic E-state index is -3.43. The zero-order chi connectivity index (χ0) is 13.6. The van der Waals surface area contributed by atoms with E-state index in [0.29, 0.717) is 13.0 Å². The average molecular weight is 277 g/mol. The summed E-state index contributed by atoms with van der Waals surface area (Å²) >= 11 is 0. The van der Waals surface area contributed by atoms with Gasteiger partial charge in [0.25, 0.3) is 0 Å². The lowest BCUT2D eigenvalue weighted by Gasteiger charge is -2.35. The van der Waals surface area contributed by atoms with E-state index in [1.807, 2.05) is 6.92 Å². The van der Waals surface area contributed by atoms with Gasteiger partial charge in [-0.15, -0.1) is 0 Å². The summed E-state index contributed by atoms with van der Waals surface area (Å²) in [7, 11) is -3.43. The molecule has 0 aliphatic carbocycles. The van der Waals surface area contributed by atoms with Gasteiger partial charge in [0.15, 0.2) is 0 Å². The maximum atomic E-state index is 12.2. The van der Waals surface area contributed by atoms with Crippen molar-refractivity contribution >= 4 is 15.9 Å². The third-order valence-corrected chi connectivity index (χ3v) is 4.47.